The summed E-state index contributed by atoms with van der Waals surface area (Å²) in [5, 5.41) is 3.97. The van der Waals surface area contributed by atoms with Gasteiger partial charge in [-0.15, -0.1) is 0 Å². The maximum atomic E-state index is 12.4. The summed E-state index contributed by atoms with van der Waals surface area (Å²) in [6.07, 6.45) is -5.37. The monoisotopic (exact) mass is 284 g/mol. The molecule has 2 aliphatic heterocycles. The van der Waals surface area contributed by atoms with E-state index >= 15 is 0 Å². The Morgan fingerprint density at radius 3 is 2.39 bits per heavy atom. The molecule has 0 aromatic heterocycles. The molecule has 2 rings (SSSR count). The summed E-state index contributed by atoms with van der Waals surface area (Å²) in [5.41, 5.74) is -2.33. The topological polar surface area (TPSA) is 66.8 Å². The number of alkyl halides is 3. The molecule has 1 fully saturated rings. The van der Waals surface area contributed by atoms with Gasteiger partial charge in [0.1, 0.15) is 0 Å². The average Bonchev–Trinajstić information content (AvgIpc) is 2.68. The second-order valence-electron chi connectivity index (χ2n) is 4.77. The van der Waals surface area contributed by atoms with E-state index in [-0.39, 0.29) is 17.9 Å². The predicted octanol–water partition coefficient (Wildman–Crippen LogP) is 0.714. The van der Waals surface area contributed by atoms with Crippen LogP contribution < -0.4 is 0 Å². The molecule has 18 heavy (non-hydrogen) atoms. The third-order valence-corrected chi connectivity index (χ3v) is 4.98. The first-order valence-electron chi connectivity index (χ1n) is 5.22. The minimum absolute atomic E-state index is 0.107. The molecule has 5 nitrogen and oxygen atoms in total. The van der Waals surface area contributed by atoms with Gasteiger partial charge < -0.3 is 0 Å². The van der Waals surface area contributed by atoms with Crippen molar-refractivity contribution in [3.05, 3.63) is 0 Å². The van der Waals surface area contributed by atoms with Crippen molar-refractivity contribution >= 4 is 21.5 Å². The molecular formula is C9H11F3N2O3S. The van der Waals surface area contributed by atoms with Gasteiger partial charge in [0.2, 0.25) is 5.91 Å². The van der Waals surface area contributed by atoms with Crippen molar-refractivity contribution in [3.63, 3.8) is 0 Å². The maximum absolute atomic E-state index is 12.4. The smallest absolute Gasteiger partial charge is 0.272 e. The summed E-state index contributed by atoms with van der Waals surface area (Å²) in [6.45, 7) is 1.44. The minimum atomic E-state index is -4.65. The van der Waals surface area contributed by atoms with E-state index in [1.54, 1.807) is 0 Å². The molecule has 0 radical (unpaired) electrons. The Kier molecular flexibility index (Phi) is 2.73. The lowest BCUT2D eigenvalue weighted by Crippen LogP contribution is -2.45. The van der Waals surface area contributed by atoms with Gasteiger partial charge in [-0.2, -0.15) is 18.3 Å². The van der Waals surface area contributed by atoms with Gasteiger partial charge in [0.25, 0.3) is 0 Å². The summed E-state index contributed by atoms with van der Waals surface area (Å²) in [7, 11) is -3.31. The van der Waals surface area contributed by atoms with Gasteiger partial charge in [0, 0.05) is 0 Å². The summed E-state index contributed by atoms with van der Waals surface area (Å²) in [6, 6.07) is 0. The van der Waals surface area contributed by atoms with E-state index in [4.69, 9.17) is 0 Å². The number of carbonyl (C=O) groups is 1. The number of rotatable bonds is 1. The molecule has 0 aromatic carbocycles. The average molecular weight is 284 g/mol. The van der Waals surface area contributed by atoms with Crippen LogP contribution in [0.4, 0.5) is 13.2 Å². The second kappa shape index (κ2) is 3.69. The zero-order chi connectivity index (χ0) is 13.8. The number of hydrogen-bond acceptors (Lipinski definition) is 4. The molecule has 2 aliphatic rings. The van der Waals surface area contributed by atoms with Gasteiger partial charge >= 0.3 is 6.18 Å². The number of carbonyl (C=O) groups excluding carboxylic acids is 1. The third-order valence-electron chi connectivity index (χ3n) is 3.10. The first-order chi connectivity index (χ1) is 8.04. The van der Waals surface area contributed by atoms with Gasteiger partial charge in [-0.25, -0.2) is 13.4 Å². The van der Waals surface area contributed by atoms with Gasteiger partial charge in [-0.3, -0.25) is 4.79 Å². The van der Waals surface area contributed by atoms with Crippen molar-refractivity contribution < 1.29 is 26.4 Å². The molecule has 1 saturated heterocycles. The zero-order valence-corrected chi connectivity index (χ0v) is 10.3. The van der Waals surface area contributed by atoms with Gasteiger partial charge in [-0.05, 0) is 13.3 Å². The molecule has 0 aliphatic carbocycles. The highest BCUT2D eigenvalue weighted by molar-refractivity contribution is 7.91. The van der Waals surface area contributed by atoms with Gasteiger partial charge in [-0.1, -0.05) is 0 Å². The van der Waals surface area contributed by atoms with Gasteiger partial charge in [0.05, 0.1) is 23.5 Å². The Morgan fingerprint density at radius 1 is 1.39 bits per heavy atom. The largest absolute Gasteiger partial charge is 0.431 e. The molecule has 0 N–H and O–H groups in total. The molecule has 1 unspecified atom stereocenters. The lowest BCUT2D eigenvalue weighted by molar-refractivity contribution is -0.133. The number of sulfone groups is 1. The van der Waals surface area contributed by atoms with Gasteiger partial charge in [0.15, 0.2) is 15.5 Å². The fraction of sp³-hybridized carbons (Fsp3) is 0.778. The normalized spacial score (nSPS) is 31.9. The van der Waals surface area contributed by atoms with Crippen LogP contribution in [0.15, 0.2) is 5.10 Å². The maximum Gasteiger partial charge on any atom is 0.431 e. The number of hydrogen-bond donors (Lipinski definition) is 0. The van der Waals surface area contributed by atoms with Crippen LogP contribution in [-0.4, -0.2) is 48.3 Å². The molecule has 0 bridgehead atoms. The van der Waals surface area contributed by atoms with Crippen LogP contribution in [0.1, 0.15) is 19.8 Å². The van der Waals surface area contributed by atoms with Crippen LogP contribution in [0.5, 0.6) is 0 Å². The Hall–Kier alpha value is -1.12. The highest BCUT2D eigenvalue weighted by Crippen LogP contribution is 2.35. The van der Waals surface area contributed by atoms with Crippen molar-refractivity contribution in [2.24, 2.45) is 5.10 Å². The van der Waals surface area contributed by atoms with E-state index in [2.05, 4.69) is 5.10 Å². The molecule has 1 atom stereocenters. The second-order valence-corrected chi connectivity index (χ2v) is 6.95. The fourth-order valence-corrected chi connectivity index (χ4v) is 4.28. The molecule has 102 valence electrons. The Labute approximate surface area is 102 Å². The molecule has 0 saturated carbocycles. The van der Waals surface area contributed by atoms with Crippen LogP contribution in [-0.2, 0) is 14.6 Å². The Balaban J connectivity index is 2.30. The van der Waals surface area contributed by atoms with Crippen molar-refractivity contribution in [1.29, 1.82) is 0 Å². The summed E-state index contributed by atoms with van der Waals surface area (Å²) in [4.78, 5) is 11.6. The van der Waals surface area contributed by atoms with Crippen LogP contribution in [0, 0.1) is 0 Å². The molecule has 1 amide bonds. The number of halogens is 3. The molecule has 0 spiro atoms. The van der Waals surface area contributed by atoms with E-state index in [0.717, 1.165) is 0 Å². The van der Waals surface area contributed by atoms with E-state index in [1.807, 2.05) is 0 Å². The SMILES string of the molecule is CC1(N2N=C(C(F)(F)F)CC2=O)CCS(=O)(=O)C1. The highest BCUT2D eigenvalue weighted by Gasteiger charge is 2.51. The molecule has 2 heterocycles. The number of hydrazone groups is 1. The standard InChI is InChI=1S/C9H11F3N2O3S/c1-8(2-3-18(16,17)5-8)14-7(15)4-6(13-14)9(10,11)12/h2-5H2,1H3. The van der Waals surface area contributed by atoms with E-state index in [9.17, 15) is 26.4 Å². The molecule has 0 aromatic rings. The summed E-state index contributed by atoms with van der Waals surface area (Å²) >= 11 is 0. The number of nitrogens with zero attached hydrogens (tertiary/aromatic N) is 2. The third kappa shape index (κ3) is 2.23. The first kappa shape index (κ1) is 13.3. The van der Waals surface area contributed by atoms with Crippen molar-refractivity contribution in [3.8, 4) is 0 Å². The minimum Gasteiger partial charge on any atom is -0.272 e. The van der Waals surface area contributed by atoms with Crippen molar-refractivity contribution in [2.45, 2.75) is 31.5 Å². The van der Waals surface area contributed by atoms with E-state index < -0.39 is 39.6 Å². The van der Waals surface area contributed by atoms with E-state index in [1.165, 1.54) is 6.92 Å². The number of amides is 1. The van der Waals surface area contributed by atoms with Crippen LogP contribution in [0.3, 0.4) is 0 Å². The van der Waals surface area contributed by atoms with Crippen molar-refractivity contribution in [2.75, 3.05) is 11.5 Å². The molecule has 9 heteroatoms. The highest BCUT2D eigenvalue weighted by atomic mass is 32.2. The molecular weight excluding hydrogens is 273 g/mol. The first-order valence-corrected chi connectivity index (χ1v) is 7.04. The lowest BCUT2D eigenvalue weighted by Gasteiger charge is -2.30. The van der Waals surface area contributed by atoms with Crippen LogP contribution >= 0.6 is 0 Å². The Bertz CT molecular complexity index is 526. The lowest BCUT2D eigenvalue weighted by atomic mass is 10.0. The fourth-order valence-electron chi connectivity index (χ4n) is 2.17. The summed E-state index contributed by atoms with van der Waals surface area (Å²) < 4.78 is 60.1. The zero-order valence-electron chi connectivity index (χ0n) is 9.49. The quantitative estimate of drug-likeness (QED) is 0.712. The Morgan fingerprint density at radius 2 is 2.00 bits per heavy atom. The predicted molar refractivity (Wildman–Crippen MR) is 56.6 cm³/mol. The van der Waals surface area contributed by atoms with Crippen molar-refractivity contribution in [1.82, 2.24) is 5.01 Å². The van der Waals surface area contributed by atoms with Crippen LogP contribution in [0.25, 0.3) is 0 Å². The van der Waals surface area contributed by atoms with Crippen LogP contribution in [0.2, 0.25) is 0 Å². The van der Waals surface area contributed by atoms with E-state index in [0.29, 0.717) is 5.01 Å². The summed E-state index contributed by atoms with van der Waals surface area (Å²) in [5.74, 6) is -1.29.